The first kappa shape index (κ1) is 18.1. The van der Waals surface area contributed by atoms with Gasteiger partial charge >= 0.3 is 5.97 Å². The van der Waals surface area contributed by atoms with Crippen molar-refractivity contribution < 1.29 is 24.5 Å². The molecule has 5 nitrogen and oxygen atoms in total. The average molecular weight is 356 g/mol. The lowest BCUT2D eigenvalue weighted by Gasteiger charge is -2.37. The number of hydrogen-bond donors (Lipinski definition) is 2. The lowest BCUT2D eigenvalue weighted by atomic mass is 9.87. The Labute approximate surface area is 153 Å². The number of phenols is 2. The molecule has 3 rings (SSSR count). The molecule has 0 radical (unpaired) electrons. The van der Waals surface area contributed by atoms with E-state index in [1.807, 2.05) is 27.7 Å². The molecule has 0 fully saturated rings. The van der Waals surface area contributed by atoms with Gasteiger partial charge in [0.2, 0.25) is 0 Å². The Hall–Kier alpha value is -2.69. The Morgan fingerprint density at radius 1 is 1.12 bits per heavy atom. The van der Waals surface area contributed by atoms with Crippen LogP contribution in [0.2, 0.25) is 0 Å². The molecule has 138 valence electrons. The van der Waals surface area contributed by atoms with E-state index in [0.717, 1.165) is 34.4 Å². The van der Waals surface area contributed by atoms with Gasteiger partial charge in [0, 0.05) is 5.56 Å². The molecule has 2 aromatic rings. The molecule has 0 saturated carbocycles. The van der Waals surface area contributed by atoms with Crippen molar-refractivity contribution in [2.75, 3.05) is 6.61 Å². The number of rotatable bonds is 3. The summed E-state index contributed by atoms with van der Waals surface area (Å²) in [5.41, 5.74) is 3.36. The van der Waals surface area contributed by atoms with Crippen molar-refractivity contribution >= 4 is 5.97 Å². The van der Waals surface area contributed by atoms with E-state index in [4.69, 9.17) is 9.47 Å². The number of phenolic OH excluding ortho intramolecular Hbond substituents is 2. The van der Waals surface area contributed by atoms with E-state index in [1.165, 1.54) is 24.3 Å². The fourth-order valence-corrected chi connectivity index (χ4v) is 3.30. The number of hydrogen-bond acceptors (Lipinski definition) is 5. The SMILES string of the molecule is Cc1c(C)c2c(c(C)c1O)CCC(C)(COC(=O)c1ccc(O)cc1)O2. The van der Waals surface area contributed by atoms with Crippen LogP contribution in [0.25, 0.3) is 0 Å². The fourth-order valence-electron chi connectivity index (χ4n) is 3.30. The number of fused-ring (bicyclic) bond motifs is 1. The Morgan fingerprint density at radius 2 is 1.77 bits per heavy atom. The number of carbonyl (C=O) groups is 1. The monoisotopic (exact) mass is 356 g/mol. The summed E-state index contributed by atoms with van der Waals surface area (Å²) in [5.74, 6) is 0.764. The van der Waals surface area contributed by atoms with Crippen LogP contribution in [0.1, 0.15) is 46.0 Å². The van der Waals surface area contributed by atoms with E-state index < -0.39 is 11.6 Å². The highest BCUT2D eigenvalue weighted by Crippen LogP contribution is 2.43. The molecule has 2 N–H and O–H groups in total. The van der Waals surface area contributed by atoms with Gasteiger partial charge in [-0.3, -0.25) is 0 Å². The molecule has 5 heteroatoms. The van der Waals surface area contributed by atoms with Gasteiger partial charge in [-0.15, -0.1) is 0 Å². The summed E-state index contributed by atoms with van der Waals surface area (Å²) in [7, 11) is 0. The lowest BCUT2D eigenvalue weighted by molar-refractivity contribution is -0.0164. The number of ether oxygens (including phenoxy) is 2. The predicted octanol–water partition coefficient (Wildman–Crippen LogP) is 3.96. The Bertz CT molecular complexity index is 854. The Kier molecular flexibility index (Phi) is 4.57. The first-order valence-electron chi connectivity index (χ1n) is 8.68. The van der Waals surface area contributed by atoms with Crippen LogP contribution in [0.5, 0.6) is 17.2 Å². The summed E-state index contributed by atoms with van der Waals surface area (Å²) in [4.78, 5) is 12.2. The third-order valence-corrected chi connectivity index (χ3v) is 5.20. The molecule has 1 heterocycles. The van der Waals surface area contributed by atoms with Gasteiger partial charge < -0.3 is 19.7 Å². The van der Waals surface area contributed by atoms with Gasteiger partial charge in [0.1, 0.15) is 29.5 Å². The first-order valence-corrected chi connectivity index (χ1v) is 8.68. The summed E-state index contributed by atoms with van der Waals surface area (Å²) in [6.07, 6.45) is 1.44. The van der Waals surface area contributed by atoms with Gasteiger partial charge in [-0.2, -0.15) is 0 Å². The highest BCUT2D eigenvalue weighted by atomic mass is 16.6. The third-order valence-electron chi connectivity index (χ3n) is 5.20. The number of carbonyl (C=O) groups excluding carboxylic acids is 1. The average Bonchev–Trinajstić information content (AvgIpc) is 2.63. The van der Waals surface area contributed by atoms with E-state index >= 15 is 0 Å². The maximum Gasteiger partial charge on any atom is 0.338 e. The van der Waals surface area contributed by atoms with E-state index in [-0.39, 0.29) is 12.4 Å². The van der Waals surface area contributed by atoms with Crippen molar-refractivity contribution in [1.82, 2.24) is 0 Å². The molecule has 0 spiro atoms. The van der Waals surface area contributed by atoms with Crippen LogP contribution in [0, 0.1) is 20.8 Å². The van der Waals surface area contributed by atoms with Gasteiger partial charge in [-0.1, -0.05) is 0 Å². The van der Waals surface area contributed by atoms with Crippen LogP contribution in [-0.2, 0) is 11.2 Å². The van der Waals surface area contributed by atoms with Crippen LogP contribution in [-0.4, -0.2) is 28.4 Å². The Morgan fingerprint density at radius 3 is 2.42 bits per heavy atom. The summed E-state index contributed by atoms with van der Waals surface area (Å²) in [6.45, 7) is 7.76. The molecule has 0 bridgehead atoms. The van der Waals surface area contributed by atoms with E-state index in [2.05, 4.69) is 0 Å². The van der Waals surface area contributed by atoms with E-state index in [0.29, 0.717) is 17.7 Å². The standard InChI is InChI=1S/C21H24O5/c1-12-13(2)19-17(14(3)18(12)23)9-10-21(4,26-19)11-25-20(24)15-5-7-16(22)8-6-15/h5-8,22-23H,9-11H2,1-4H3. The molecular weight excluding hydrogens is 332 g/mol. The van der Waals surface area contributed by atoms with Gasteiger partial charge in [-0.05, 0) is 81.5 Å². The van der Waals surface area contributed by atoms with Crippen LogP contribution in [0.3, 0.4) is 0 Å². The summed E-state index contributed by atoms with van der Waals surface area (Å²) >= 11 is 0. The fraction of sp³-hybridized carbons (Fsp3) is 0.381. The number of esters is 1. The molecular formula is C21H24O5. The molecule has 0 aromatic heterocycles. The van der Waals surface area contributed by atoms with Gasteiger partial charge in [0.25, 0.3) is 0 Å². The minimum atomic E-state index is -0.625. The van der Waals surface area contributed by atoms with Gasteiger partial charge in [-0.25, -0.2) is 4.79 Å². The molecule has 2 aromatic carbocycles. The second-order valence-corrected chi connectivity index (χ2v) is 7.21. The van der Waals surface area contributed by atoms with Crippen molar-refractivity contribution in [2.24, 2.45) is 0 Å². The van der Waals surface area contributed by atoms with Gasteiger partial charge in [0.05, 0.1) is 5.56 Å². The van der Waals surface area contributed by atoms with Crippen LogP contribution >= 0.6 is 0 Å². The normalized spacial score (nSPS) is 18.8. The van der Waals surface area contributed by atoms with E-state index in [9.17, 15) is 15.0 Å². The molecule has 1 atom stereocenters. The number of aromatic hydroxyl groups is 2. The highest BCUT2D eigenvalue weighted by Gasteiger charge is 2.36. The van der Waals surface area contributed by atoms with Crippen molar-refractivity contribution in [3.63, 3.8) is 0 Å². The van der Waals surface area contributed by atoms with Crippen LogP contribution in [0.15, 0.2) is 24.3 Å². The first-order chi connectivity index (χ1) is 12.2. The zero-order chi connectivity index (χ0) is 19.1. The maximum atomic E-state index is 12.2. The Balaban J connectivity index is 1.77. The van der Waals surface area contributed by atoms with E-state index in [1.54, 1.807) is 0 Å². The lowest BCUT2D eigenvalue weighted by Crippen LogP contribution is -2.42. The molecule has 1 unspecified atom stereocenters. The van der Waals surface area contributed by atoms with Gasteiger partial charge in [0.15, 0.2) is 0 Å². The van der Waals surface area contributed by atoms with Crippen LogP contribution in [0.4, 0.5) is 0 Å². The minimum Gasteiger partial charge on any atom is -0.508 e. The second kappa shape index (κ2) is 6.56. The quantitative estimate of drug-likeness (QED) is 0.814. The maximum absolute atomic E-state index is 12.2. The molecule has 0 aliphatic carbocycles. The molecule has 1 aliphatic heterocycles. The topological polar surface area (TPSA) is 76.0 Å². The third kappa shape index (κ3) is 3.21. The van der Waals surface area contributed by atoms with Crippen molar-refractivity contribution in [3.05, 3.63) is 52.1 Å². The smallest absolute Gasteiger partial charge is 0.338 e. The summed E-state index contributed by atoms with van der Waals surface area (Å²) in [5, 5.41) is 19.6. The largest absolute Gasteiger partial charge is 0.508 e. The molecule has 0 amide bonds. The van der Waals surface area contributed by atoms with Crippen molar-refractivity contribution in [3.8, 4) is 17.2 Å². The minimum absolute atomic E-state index is 0.102. The zero-order valence-corrected chi connectivity index (χ0v) is 15.5. The second-order valence-electron chi connectivity index (χ2n) is 7.21. The van der Waals surface area contributed by atoms with Crippen LogP contribution < -0.4 is 4.74 Å². The molecule has 1 aliphatic rings. The molecule has 26 heavy (non-hydrogen) atoms. The predicted molar refractivity (Wildman–Crippen MR) is 98.1 cm³/mol. The van der Waals surface area contributed by atoms with Crippen molar-refractivity contribution in [1.29, 1.82) is 0 Å². The zero-order valence-electron chi connectivity index (χ0n) is 15.5. The molecule has 0 saturated heterocycles. The number of benzene rings is 2. The summed E-state index contributed by atoms with van der Waals surface area (Å²) < 4.78 is 11.7. The van der Waals surface area contributed by atoms with Crippen molar-refractivity contribution in [2.45, 2.75) is 46.1 Å². The summed E-state index contributed by atoms with van der Waals surface area (Å²) in [6, 6.07) is 5.95. The highest BCUT2D eigenvalue weighted by molar-refractivity contribution is 5.89.